The van der Waals surface area contributed by atoms with Gasteiger partial charge in [-0.1, -0.05) is 32.9 Å². The molecule has 0 bridgehead atoms. The second-order valence-electron chi connectivity index (χ2n) is 8.36. The molecule has 0 radical (unpaired) electrons. The highest BCUT2D eigenvalue weighted by Crippen LogP contribution is 2.39. The number of anilines is 1. The molecule has 1 atom stereocenters. The summed E-state index contributed by atoms with van der Waals surface area (Å²) in [5.41, 5.74) is 2.33. The van der Waals surface area contributed by atoms with Crippen molar-refractivity contribution in [2.24, 2.45) is 5.92 Å². The Balaban J connectivity index is 1.57. The van der Waals surface area contributed by atoms with Gasteiger partial charge >= 0.3 is 0 Å². The van der Waals surface area contributed by atoms with Crippen molar-refractivity contribution in [3.63, 3.8) is 0 Å². The van der Waals surface area contributed by atoms with Crippen LogP contribution in [0.5, 0.6) is 0 Å². The highest BCUT2D eigenvalue weighted by atomic mass is 16.2. The lowest BCUT2D eigenvalue weighted by molar-refractivity contribution is -0.118. The zero-order chi connectivity index (χ0) is 16.6. The molecule has 2 aliphatic carbocycles. The predicted molar refractivity (Wildman–Crippen MR) is 95.7 cm³/mol. The van der Waals surface area contributed by atoms with Crippen molar-refractivity contribution in [2.45, 2.75) is 70.9 Å². The van der Waals surface area contributed by atoms with Crippen LogP contribution in [-0.4, -0.2) is 29.4 Å². The number of nitrogens with zero attached hydrogens (tertiary/aromatic N) is 1. The molecule has 0 aliphatic heterocycles. The average Bonchev–Trinajstić information content (AvgIpc) is 3.37. The fourth-order valence-electron chi connectivity index (χ4n) is 3.28. The molecule has 23 heavy (non-hydrogen) atoms. The number of hydrogen-bond donors (Lipinski definition) is 1. The fourth-order valence-corrected chi connectivity index (χ4v) is 3.28. The third-order valence-electron chi connectivity index (χ3n) is 5.20. The summed E-state index contributed by atoms with van der Waals surface area (Å²) in [5, 5.41) is 3.07. The summed E-state index contributed by atoms with van der Waals surface area (Å²) < 4.78 is 0. The Morgan fingerprint density at radius 1 is 1.17 bits per heavy atom. The van der Waals surface area contributed by atoms with E-state index in [0.29, 0.717) is 18.6 Å². The SMILES string of the molecule is CC(C1CC1)N(CC(=O)Nc1ccc(C(C)(C)C)cc1)C1CC1. The molecule has 3 nitrogen and oxygen atoms in total. The van der Waals surface area contributed by atoms with Crippen LogP contribution in [0.1, 0.15) is 58.9 Å². The summed E-state index contributed by atoms with van der Waals surface area (Å²) in [4.78, 5) is 14.9. The van der Waals surface area contributed by atoms with Crippen LogP contribution in [0, 0.1) is 5.92 Å². The van der Waals surface area contributed by atoms with E-state index in [9.17, 15) is 4.79 Å². The highest BCUT2D eigenvalue weighted by molar-refractivity contribution is 5.92. The van der Waals surface area contributed by atoms with Crippen LogP contribution in [-0.2, 0) is 10.2 Å². The Kier molecular flexibility index (Phi) is 4.50. The smallest absolute Gasteiger partial charge is 0.238 e. The molecule has 2 saturated carbocycles. The van der Waals surface area contributed by atoms with Crippen molar-refractivity contribution in [3.8, 4) is 0 Å². The first-order chi connectivity index (χ1) is 10.8. The minimum Gasteiger partial charge on any atom is -0.325 e. The maximum atomic E-state index is 12.4. The van der Waals surface area contributed by atoms with Crippen LogP contribution in [0.3, 0.4) is 0 Å². The van der Waals surface area contributed by atoms with Gasteiger partial charge in [-0.05, 0) is 61.6 Å². The first kappa shape index (κ1) is 16.5. The van der Waals surface area contributed by atoms with E-state index in [1.54, 1.807) is 0 Å². The van der Waals surface area contributed by atoms with Gasteiger partial charge < -0.3 is 5.32 Å². The molecule has 126 valence electrons. The van der Waals surface area contributed by atoms with Gasteiger partial charge in [0.15, 0.2) is 0 Å². The van der Waals surface area contributed by atoms with Crippen LogP contribution in [0.4, 0.5) is 5.69 Å². The molecular weight excluding hydrogens is 284 g/mol. The lowest BCUT2D eigenvalue weighted by atomic mass is 9.87. The quantitative estimate of drug-likeness (QED) is 0.854. The molecule has 2 fully saturated rings. The van der Waals surface area contributed by atoms with Gasteiger partial charge in [0.05, 0.1) is 6.54 Å². The van der Waals surface area contributed by atoms with Crippen molar-refractivity contribution < 1.29 is 4.79 Å². The minimum absolute atomic E-state index is 0.118. The van der Waals surface area contributed by atoms with Crippen molar-refractivity contribution in [2.75, 3.05) is 11.9 Å². The molecule has 0 saturated heterocycles. The summed E-state index contributed by atoms with van der Waals surface area (Å²) >= 11 is 0. The van der Waals surface area contributed by atoms with Crippen LogP contribution in [0.25, 0.3) is 0 Å². The van der Waals surface area contributed by atoms with Crippen molar-refractivity contribution in [1.82, 2.24) is 4.90 Å². The van der Waals surface area contributed by atoms with E-state index >= 15 is 0 Å². The molecule has 1 aromatic carbocycles. The first-order valence-corrected chi connectivity index (χ1v) is 9.01. The molecule has 1 amide bonds. The van der Waals surface area contributed by atoms with Crippen molar-refractivity contribution in [1.29, 1.82) is 0 Å². The van der Waals surface area contributed by atoms with Crippen LogP contribution in [0.2, 0.25) is 0 Å². The number of rotatable bonds is 6. The second kappa shape index (κ2) is 6.27. The van der Waals surface area contributed by atoms with Crippen molar-refractivity contribution >= 4 is 11.6 Å². The van der Waals surface area contributed by atoms with E-state index in [4.69, 9.17) is 0 Å². The van der Waals surface area contributed by atoms with Gasteiger partial charge in [-0.3, -0.25) is 9.69 Å². The summed E-state index contributed by atoms with van der Waals surface area (Å²) in [5.74, 6) is 0.933. The van der Waals surface area contributed by atoms with Gasteiger partial charge in [-0.15, -0.1) is 0 Å². The van der Waals surface area contributed by atoms with E-state index in [1.807, 2.05) is 12.1 Å². The lowest BCUT2D eigenvalue weighted by Crippen LogP contribution is -2.42. The molecule has 1 aromatic rings. The van der Waals surface area contributed by atoms with E-state index in [-0.39, 0.29) is 11.3 Å². The Morgan fingerprint density at radius 2 is 1.78 bits per heavy atom. The largest absolute Gasteiger partial charge is 0.325 e. The minimum atomic E-state index is 0.118. The number of amides is 1. The van der Waals surface area contributed by atoms with Crippen LogP contribution < -0.4 is 5.32 Å². The lowest BCUT2D eigenvalue weighted by Gasteiger charge is -2.28. The van der Waals surface area contributed by atoms with Gasteiger partial charge in [0.25, 0.3) is 0 Å². The summed E-state index contributed by atoms with van der Waals surface area (Å²) in [7, 11) is 0. The number of hydrogen-bond acceptors (Lipinski definition) is 2. The monoisotopic (exact) mass is 314 g/mol. The van der Waals surface area contributed by atoms with Gasteiger partial charge in [0.2, 0.25) is 5.91 Å². The Bertz CT molecular complexity index is 550. The zero-order valence-corrected chi connectivity index (χ0v) is 14.9. The Hall–Kier alpha value is -1.35. The van der Waals surface area contributed by atoms with Gasteiger partial charge in [0, 0.05) is 17.8 Å². The molecule has 0 aromatic heterocycles. The van der Waals surface area contributed by atoms with E-state index < -0.39 is 0 Å². The van der Waals surface area contributed by atoms with Crippen LogP contribution >= 0.6 is 0 Å². The normalized spacial score (nSPS) is 19.7. The molecule has 1 unspecified atom stereocenters. The van der Waals surface area contributed by atoms with Crippen molar-refractivity contribution in [3.05, 3.63) is 29.8 Å². The van der Waals surface area contributed by atoms with Gasteiger partial charge in [0.1, 0.15) is 0 Å². The third-order valence-corrected chi connectivity index (χ3v) is 5.20. The van der Waals surface area contributed by atoms with E-state index in [1.165, 1.54) is 31.2 Å². The van der Waals surface area contributed by atoms with E-state index in [0.717, 1.165) is 11.6 Å². The molecular formula is C20H30N2O. The standard InChI is InChI=1S/C20H30N2O/c1-14(15-5-6-15)22(18-11-12-18)13-19(23)21-17-9-7-16(8-10-17)20(2,3)4/h7-10,14-15,18H,5-6,11-13H2,1-4H3,(H,21,23). The third kappa shape index (κ3) is 4.35. The van der Waals surface area contributed by atoms with Crippen LogP contribution in [0.15, 0.2) is 24.3 Å². The molecule has 0 heterocycles. The molecule has 0 spiro atoms. The average molecular weight is 314 g/mol. The summed E-state index contributed by atoms with van der Waals surface area (Å²) in [6.07, 6.45) is 5.18. The summed E-state index contributed by atoms with van der Waals surface area (Å²) in [6, 6.07) is 9.45. The van der Waals surface area contributed by atoms with Gasteiger partial charge in [-0.2, -0.15) is 0 Å². The Morgan fingerprint density at radius 3 is 2.26 bits per heavy atom. The maximum absolute atomic E-state index is 12.4. The molecule has 3 rings (SSSR count). The Labute approximate surface area is 140 Å². The summed E-state index contributed by atoms with van der Waals surface area (Å²) in [6.45, 7) is 9.43. The van der Waals surface area contributed by atoms with Gasteiger partial charge in [-0.25, -0.2) is 0 Å². The fraction of sp³-hybridized carbons (Fsp3) is 0.650. The topological polar surface area (TPSA) is 32.3 Å². The van der Waals surface area contributed by atoms with E-state index in [2.05, 4.69) is 50.0 Å². The maximum Gasteiger partial charge on any atom is 0.238 e. The first-order valence-electron chi connectivity index (χ1n) is 9.01. The molecule has 2 aliphatic rings. The predicted octanol–water partition coefficient (Wildman–Crippen LogP) is 4.19. The highest BCUT2D eigenvalue weighted by Gasteiger charge is 2.39. The number of nitrogens with one attached hydrogen (secondary N) is 1. The number of benzene rings is 1. The second-order valence-corrected chi connectivity index (χ2v) is 8.36. The zero-order valence-electron chi connectivity index (χ0n) is 14.9. The molecule has 3 heteroatoms. The number of carbonyl (C=O) groups excluding carboxylic acids is 1. The molecule has 1 N–H and O–H groups in total. The number of carbonyl (C=O) groups is 1.